The molecule has 1 aromatic carbocycles. The number of carbonyl (C=O) groups is 1. The lowest BCUT2D eigenvalue weighted by Crippen LogP contribution is -2.29. The fourth-order valence-electron chi connectivity index (χ4n) is 4.26. The van der Waals surface area contributed by atoms with Crippen molar-refractivity contribution in [3.63, 3.8) is 0 Å². The van der Waals surface area contributed by atoms with Gasteiger partial charge in [-0.1, -0.05) is 18.2 Å². The fourth-order valence-corrected chi connectivity index (χ4v) is 4.26. The Hall–Kier alpha value is -3.26. The van der Waals surface area contributed by atoms with E-state index in [1.165, 1.54) is 0 Å². The van der Waals surface area contributed by atoms with Gasteiger partial charge < -0.3 is 14.2 Å². The Bertz CT molecular complexity index is 1120. The normalized spacial score (nSPS) is 15.5. The van der Waals surface area contributed by atoms with E-state index in [-0.39, 0.29) is 5.91 Å². The number of nitrogens with zero attached hydrogens (tertiary/aromatic N) is 3. The van der Waals surface area contributed by atoms with Crippen LogP contribution in [0.5, 0.6) is 0 Å². The first-order valence-electron chi connectivity index (χ1n) is 10.2. The molecule has 2 aliphatic rings. The second kappa shape index (κ2) is 8.00. The van der Waals surface area contributed by atoms with Crippen molar-refractivity contribution in [2.75, 3.05) is 20.2 Å². The smallest absolute Gasteiger partial charge is 0.253 e. The Morgan fingerprint density at radius 3 is 2.52 bits per heavy atom. The van der Waals surface area contributed by atoms with Gasteiger partial charge in [0.05, 0.1) is 23.7 Å². The molecule has 2 heterocycles. The van der Waals surface area contributed by atoms with Crippen LogP contribution in [-0.4, -0.2) is 35.6 Å². The zero-order chi connectivity index (χ0) is 20.4. The summed E-state index contributed by atoms with van der Waals surface area (Å²) in [5.74, 6) is 0.891. The minimum atomic E-state index is 0.0905. The minimum Gasteiger partial charge on any atom is -0.497 e. The van der Waals surface area contributed by atoms with Gasteiger partial charge in [-0.15, -0.1) is 0 Å². The third-order valence-corrected chi connectivity index (χ3v) is 5.73. The summed E-state index contributed by atoms with van der Waals surface area (Å²) in [6, 6.07) is 10.1. The van der Waals surface area contributed by atoms with Gasteiger partial charge in [0.15, 0.2) is 0 Å². The van der Waals surface area contributed by atoms with E-state index < -0.39 is 0 Å². The SMILES string of the molecule is CCn1c(-c2ccc(C(=O)N3CCCC3)cc2)c(C#N)c2c1=CC(OC)=CCC=2. The number of benzene rings is 1. The van der Waals surface area contributed by atoms with E-state index in [4.69, 9.17) is 4.74 Å². The Morgan fingerprint density at radius 1 is 1.17 bits per heavy atom. The molecule has 2 aromatic rings. The number of methoxy groups -OCH3 is 1. The van der Waals surface area contributed by atoms with Crippen LogP contribution in [0.3, 0.4) is 0 Å². The van der Waals surface area contributed by atoms with Crippen molar-refractivity contribution in [2.45, 2.75) is 32.7 Å². The van der Waals surface area contributed by atoms with Crippen LogP contribution in [0.2, 0.25) is 0 Å². The van der Waals surface area contributed by atoms with Crippen LogP contribution in [0.15, 0.2) is 36.1 Å². The van der Waals surface area contributed by atoms with E-state index in [1.807, 2.05) is 41.3 Å². The second-order valence-electron chi connectivity index (χ2n) is 7.35. The topological polar surface area (TPSA) is 58.3 Å². The predicted octanol–water partition coefficient (Wildman–Crippen LogP) is 2.78. The van der Waals surface area contributed by atoms with E-state index in [1.54, 1.807) is 7.11 Å². The number of carbonyl (C=O) groups excluding carboxylic acids is 1. The molecule has 1 aliphatic heterocycles. The lowest BCUT2D eigenvalue weighted by molar-refractivity contribution is 0.0793. The van der Waals surface area contributed by atoms with E-state index >= 15 is 0 Å². The zero-order valence-electron chi connectivity index (χ0n) is 16.9. The van der Waals surface area contributed by atoms with Gasteiger partial charge in [-0.2, -0.15) is 5.26 Å². The number of hydrogen-bond donors (Lipinski definition) is 0. The summed E-state index contributed by atoms with van der Waals surface area (Å²) in [4.78, 5) is 14.6. The van der Waals surface area contributed by atoms with Crippen LogP contribution >= 0.6 is 0 Å². The van der Waals surface area contributed by atoms with Gasteiger partial charge in [0.1, 0.15) is 11.8 Å². The molecule has 148 valence electrons. The standard InChI is InChI=1S/C24H25N3O2/c1-3-27-22-15-19(29-2)7-6-8-20(22)21(16-25)23(27)17-9-11-18(12-10-17)24(28)26-13-4-5-14-26/h7-12,15H,3-6,13-14H2,1-2H3. The fraction of sp³-hybridized carbons (Fsp3) is 0.333. The number of allylic oxidation sites excluding steroid dienone is 2. The van der Waals surface area contributed by atoms with Crippen molar-refractivity contribution >= 4 is 18.1 Å². The van der Waals surface area contributed by atoms with Crippen LogP contribution in [-0.2, 0) is 11.3 Å². The summed E-state index contributed by atoms with van der Waals surface area (Å²) in [5.41, 5.74) is 3.21. The molecule has 0 spiro atoms. The maximum atomic E-state index is 12.6. The van der Waals surface area contributed by atoms with Crippen LogP contribution in [0.25, 0.3) is 23.4 Å². The van der Waals surface area contributed by atoms with E-state index in [9.17, 15) is 10.1 Å². The van der Waals surface area contributed by atoms with Gasteiger partial charge in [0.2, 0.25) is 0 Å². The highest BCUT2D eigenvalue weighted by Crippen LogP contribution is 2.23. The van der Waals surface area contributed by atoms with Gasteiger partial charge in [-0.25, -0.2) is 0 Å². The van der Waals surface area contributed by atoms with Crippen molar-refractivity contribution in [1.82, 2.24) is 9.47 Å². The minimum absolute atomic E-state index is 0.0905. The van der Waals surface area contributed by atoms with Crippen molar-refractivity contribution < 1.29 is 9.53 Å². The maximum absolute atomic E-state index is 12.6. The molecule has 0 unspecified atom stereocenters. The van der Waals surface area contributed by atoms with E-state index in [2.05, 4.69) is 23.6 Å². The number of aromatic nitrogens is 1. The molecule has 5 nitrogen and oxygen atoms in total. The van der Waals surface area contributed by atoms with Crippen molar-refractivity contribution in [3.05, 3.63) is 57.8 Å². The third-order valence-electron chi connectivity index (χ3n) is 5.73. The predicted molar refractivity (Wildman–Crippen MR) is 113 cm³/mol. The summed E-state index contributed by atoms with van der Waals surface area (Å²) in [7, 11) is 1.66. The molecular weight excluding hydrogens is 362 g/mol. The first kappa shape index (κ1) is 19.1. The Balaban J connectivity index is 1.82. The van der Waals surface area contributed by atoms with Crippen molar-refractivity contribution in [2.24, 2.45) is 0 Å². The Kier molecular flexibility index (Phi) is 5.26. The van der Waals surface area contributed by atoms with Gasteiger partial charge in [-0.3, -0.25) is 4.79 Å². The molecule has 4 rings (SSSR count). The molecule has 29 heavy (non-hydrogen) atoms. The Morgan fingerprint density at radius 2 is 1.90 bits per heavy atom. The molecule has 0 N–H and O–H groups in total. The second-order valence-corrected chi connectivity index (χ2v) is 7.35. The maximum Gasteiger partial charge on any atom is 0.253 e. The lowest BCUT2D eigenvalue weighted by Gasteiger charge is -2.15. The molecule has 0 bridgehead atoms. The molecule has 0 saturated carbocycles. The van der Waals surface area contributed by atoms with Gasteiger partial charge >= 0.3 is 0 Å². The number of amides is 1. The number of hydrogen-bond acceptors (Lipinski definition) is 3. The van der Waals surface area contributed by atoms with Crippen LogP contribution in [0.1, 0.15) is 42.1 Å². The summed E-state index contributed by atoms with van der Waals surface area (Å²) in [6.45, 7) is 4.48. The molecule has 5 heteroatoms. The van der Waals surface area contributed by atoms with Gasteiger partial charge in [-0.05, 0) is 50.0 Å². The molecule has 0 radical (unpaired) electrons. The first-order valence-corrected chi connectivity index (χ1v) is 10.2. The highest BCUT2D eigenvalue weighted by Gasteiger charge is 2.21. The number of ether oxygens (including phenoxy) is 1. The third kappa shape index (κ3) is 3.36. The number of rotatable bonds is 4. The molecule has 1 amide bonds. The molecule has 1 fully saturated rings. The highest BCUT2D eigenvalue weighted by molar-refractivity contribution is 5.95. The zero-order valence-corrected chi connectivity index (χ0v) is 16.9. The highest BCUT2D eigenvalue weighted by atomic mass is 16.5. The molecular formula is C24H25N3O2. The summed E-state index contributed by atoms with van der Waals surface area (Å²) >= 11 is 0. The Labute approximate surface area is 170 Å². The van der Waals surface area contributed by atoms with E-state index in [0.29, 0.717) is 11.1 Å². The molecule has 0 atom stereocenters. The van der Waals surface area contributed by atoms with Gasteiger partial charge in [0, 0.05) is 36.5 Å². The summed E-state index contributed by atoms with van der Waals surface area (Å²) in [5, 5.41) is 11.9. The summed E-state index contributed by atoms with van der Waals surface area (Å²) in [6.07, 6.45) is 8.97. The van der Waals surface area contributed by atoms with Crippen LogP contribution in [0, 0.1) is 11.3 Å². The number of likely N-dealkylation sites (tertiary alicyclic amines) is 1. The van der Waals surface area contributed by atoms with Gasteiger partial charge in [0.25, 0.3) is 5.91 Å². The monoisotopic (exact) mass is 387 g/mol. The van der Waals surface area contributed by atoms with E-state index in [0.717, 1.165) is 66.5 Å². The van der Waals surface area contributed by atoms with Crippen molar-refractivity contribution in [3.8, 4) is 17.3 Å². The summed E-state index contributed by atoms with van der Waals surface area (Å²) < 4.78 is 7.61. The lowest BCUT2D eigenvalue weighted by atomic mass is 10.0. The molecule has 1 aromatic heterocycles. The molecule has 1 saturated heterocycles. The number of nitriles is 1. The van der Waals surface area contributed by atoms with Crippen LogP contribution in [0.4, 0.5) is 0 Å². The average Bonchev–Trinajstić information content (AvgIpc) is 3.33. The molecule has 1 aliphatic carbocycles. The average molecular weight is 387 g/mol. The largest absolute Gasteiger partial charge is 0.497 e. The number of fused-ring (bicyclic) bond motifs is 1. The first-order chi connectivity index (χ1) is 14.2. The van der Waals surface area contributed by atoms with Crippen molar-refractivity contribution in [1.29, 1.82) is 5.26 Å². The quantitative estimate of drug-likeness (QED) is 0.811. The van der Waals surface area contributed by atoms with Crippen LogP contribution < -0.4 is 10.6 Å².